The SMILES string of the molecule is CC1C[C@H]2[C@@H]3CCC4=CC(=O)C=C[C@]4(C)[C@@H]3C(=O)C[C@]2(C)[C@]1(O)C(=O)CO. The first kappa shape index (κ1) is 18.8. The van der Waals surface area contributed by atoms with Gasteiger partial charge in [-0.25, -0.2) is 0 Å². The van der Waals surface area contributed by atoms with E-state index in [2.05, 4.69) is 0 Å². The maximum Gasteiger partial charge on any atom is 0.190 e. The van der Waals surface area contributed by atoms with Gasteiger partial charge >= 0.3 is 0 Å². The second kappa shape index (κ2) is 5.71. The molecular formula is C22H28O5. The summed E-state index contributed by atoms with van der Waals surface area (Å²) in [7, 11) is 0. The van der Waals surface area contributed by atoms with Crippen molar-refractivity contribution in [2.45, 2.75) is 52.1 Å². The van der Waals surface area contributed by atoms with Crippen molar-refractivity contribution >= 4 is 17.3 Å². The molecule has 2 N–H and O–H groups in total. The van der Waals surface area contributed by atoms with Crippen molar-refractivity contribution in [3.63, 3.8) is 0 Å². The summed E-state index contributed by atoms with van der Waals surface area (Å²) in [5, 5.41) is 20.8. The molecule has 146 valence electrons. The number of rotatable bonds is 2. The van der Waals surface area contributed by atoms with Gasteiger partial charge in [0.15, 0.2) is 11.6 Å². The summed E-state index contributed by atoms with van der Waals surface area (Å²) >= 11 is 0. The molecule has 3 fully saturated rings. The Morgan fingerprint density at radius 2 is 2.00 bits per heavy atom. The number of aliphatic hydroxyl groups excluding tert-OH is 1. The van der Waals surface area contributed by atoms with E-state index >= 15 is 0 Å². The first-order valence-corrected chi connectivity index (χ1v) is 9.93. The molecule has 0 aliphatic heterocycles. The Morgan fingerprint density at radius 1 is 1.30 bits per heavy atom. The van der Waals surface area contributed by atoms with Crippen LogP contribution in [-0.4, -0.2) is 39.8 Å². The smallest absolute Gasteiger partial charge is 0.190 e. The van der Waals surface area contributed by atoms with E-state index in [0.29, 0.717) is 6.42 Å². The standard InChI is InChI=1S/C22H28O5/c1-12-8-16-15-5-4-13-9-14(24)6-7-20(13,2)19(15)17(25)10-21(16,3)22(12,27)18(26)11-23/h6-7,9,12,15-16,19,23,27H,4-5,8,10-11H2,1-3H3/t12?,15-,16-,19-,20-,21-,22+/m0/s1. The molecule has 27 heavy (non-hydrogen) atoms. The van der Waals surface area contributed by atoms with E-state index in [0.717, 1.165) is 18.4 Å². The first-order chi connectivity index (χ1) is 12.6. The van der Waals surface area contributed by atoms with Crippen LogP contribution in [0.25, 0.3) is 0 Å². The molecule has 0 bridgehead atoms. The third-order valence-corrected chi connectivity index (χ3v) is 8.41. The molecule has 4 aliphatic rings. The van der Waals surface area contributed by atoms with E-state index in [9.17, 15) is 24.6 Å². The zero-order valence-corrected chi connectivity index (χ0v) is 16.2. The molecule has 0 spiro atoms. The number of Topliss-reactive ketones (excluding diaryl/α,β-unsaturated/α-hetero) is 2. The number of hydrogen-bond donors (Lipinski definition) is 2. The predicted octanol–water partition coefficient (Wildman–Crippen LogP) is 2.01. The Morgan fingerprint density at radius 3 is 2.67 bits per heavy atom. The highest BCUT2D eigenvalue weighted by Crippen LogP contribution is 2.67. The van der Waals surface area contributed by atoms with E-state index in [1.54, 1.807) is 12.2 Å². The van der Waals surface area contributed by atoms with Crippen LogP contribution >= 0.6 is 0 Å². The van der Waals surface area contributed by atoms with Gasteiger partial charge in [-0.2, -0.15) is 0 Å². The lowest BCUT2D eigenvalue weighted by molar-refractivity contribution is -0.173. The Labute approximate surface area is 159 Å². The summed E-state index contributed by atoms with van der Waals surface area (Å²) in [6.45, 7) is 5.05. The molecule has 0 aromatic carbocycles. The van der Waals surface area contributed by atoms with Crippen LogP contribution in [0.5, 0.6) is 0 Å². The van der Waals surface area contributed by atoms with Crippen LogP contribution < -0.4 is 0 Å². The summed E-state index contributed by atoms with van der Waals surface area (Å²) in [6.07, 6.45) is 7.49. The van der Waals surface area contributed by atoms with Gasteiger partial charge in [0, 0.05) is 23.2 Å². The van der Waals surface area contributed by atoms with E-state index in [1.807, 2.05) is 26.8 Å². The number of carbonyl (C=O) groups is 3. The largest absolute Gasteiger partial charge is 0.388 e. The van der Waals surface area contributed by atoms with Crippen LogP contribution in [0.1, 0.15) is 46.5 Å². The van der Waals surface area contributed by atoms with Gasteiger partial charge in [0.05, 0.1) is 0 Å². The van der Waals surface area contributed by atoms with Crippen LogP contribution in [0.3, 0.4) is 0 Å². The third kappa shape index (κ3) is 2.16. The minimum atomic E-state index is -1.66. The van der Waals surface area contributed by atoms with Gasteiger partial charge in [-0.05, 0) is 49.2 Å². The van der Waals surface area contributed by atoms with Crippen molar-refractivity contribution in [3.05, 3.63) is 23.8 Å². The Bertz CT molecular complexity index is 795. The van der Waals surface area contributed by atoms with Crippen molar-refractivity contribution < 1.29 is 24.6 Å². The van der Waals surface area contributed by atoms with Gasteiger partial charge in [0.1, 0.15) is 18.0 Å². The van der Waals surface area contributed by atoms with E-state index in [1.165, 1.54) is 0 Å². The molecule has 0 saturated heterocycles. The van der Waals surface area contributed by atoms with Crippen molar-refractivity contribution in [2.75, 3.05) is 6.61 Å². The maximum atomic E-state index is 13.4. The molecule has 0 radical (unpaired) electrons. The second-order valence-electron chi connectivity index (χ2n) is 9.52. The normalized spacial score (nSPS) is 48.6. The van der Waals surface area contributed by atoms with Gasteiger partial charge in [-0.15, -0.1) is 0 Å². The van der Waals surface area contributed by atoms with Gasteiger partial charge < -0.3 is 10.2 Å². The Kier molecular flexibility index (Phi) is 3.97. The average Bonchev–Trinajstić information content (AvgIpc) is 2.82. The van der Waals surface area contributed by atoms with Crippen molar-refractivity contribution in [1.82, 2.24) is 0 Å². The number of aliphatic hydroxyl groups is 2. The van der Waals surface area contributed by atoms with Gasteiger partial charge in [-0.3, -0.25) is 14.4 Å². The molecule has 0 heterocycles. The summed E-state index contributed by atoms with van der Waals surface area (Å²) < 4.78 is 0. The zero-order valence-electron chi connectivity index (χ0n) is 16.2. The fraction of sp³-hybridized carbons (Fsp3) is 0.682. The number of allylic oxidation sites excluding steroid dienone is 4. The molecule has 1 unspecified atom stereocenters. The zero-order chi connectivity index (χ0) is 19.8. The lowest BCUT2D eigenvalue weighted by Crippen LogP contribution is -2.61. The van der Waals surface area contributed by atoms with Crippen LogP contribution in [0, 0.1) is 34.5 Å². The minimum Gasteiger partial charge on any atom is -0.388 e. The van der Waals surface area contributed by atoms with Gasteiger partial charge in [0.2, 0.25) is 0 Å². The van der Waals surface area contributed by atoms with Crippen LogP contribution in [0.2, 0.25) is 0 Å². The quantitative estimate of drug-likeness (QED) is 0.774. The number of hydrogen-bond acceptors (Lipinski definition) is 5. The highest BCUT2D eigenvalue weighted by Gasteiger charge is 2.70. The van der Waals surface area contributed by atoms with Crippen molar-refractivity contribution in [2.24, 2.45) is 34.5 Å². The second-order valence-corrected chi connectivity index (χ2v) is 9.52. The molecular weight excluding hydrogens is 344 g/mol. The van der Waals surface area contributed by atoms with Crippen LogP contribution in [-0.2, 0) is 14.4 Å². The molecule has 5 nitrogen and oxygen atoms in total. The molecule has 0 aromatic heterocycles. The van der Waals surface area contributed by atoms with E-state index < -0.39 is 28.8 Å². The van der Waals surface area contributed by atoms with Gasteiger partial charge in [-0.1, -0.05) is 32.4 Å². The molecule has 7 atom stereocenters. The molecule has 0 aromatic rings. The maximum absolute atomic E-state index is 13.4. The van der Waals surface area contributed by atoms with Crippen molar-refractivity contribution in [3.8, 4) is 0 Å². The van der Waals surface area contributed by atoms with Crippen LogP contribution in [0.15, 0.2) is 23.8 Å². The molecule has 5 heteroatoms. The van der Waals surface area contributed by atoms with Gasteiger partial charge in [0.25, 0.3) is 0 Å². The monoisotopic (exact) mass is 372 g/mol. The summed E-state index contributed by atoms with van der Waals surface area (Å²) in [5.74, 6) is -0.947. The minimum absolute atomic E-state index is 0.0218. The lowest BCUT2D eigenvalue weighted by Gasteiger charge is -2.56. The summed E-state index contributed by atoms with van der Waals surface area (Å²) in [4.78, 5) is 37.8. The lowest BCUT2D eigenvalue weighted by atomic mass is 9.46. The molecule has 4 aliphatic carbocycles. The fourth-order valence-corrected chi connectivity index (χ4v) is 7.08. The molecule has 3 saturated carbocycles. The van der Waals surface area contributed by atoms with E-state index in [4.69, 9.17) is 0 Å². The fourth-order valence-electron chi connectivity index (χ4n) is 7.08. The van der Waals surface area contributed by atoms with Crippen molar-refractivity contribution in [1.29, 1.82) is 0 Å². The molecule has 4 rings (SSSR count). The average molecular weight is 372 g/mol. The number of carbonyl (C=O) groups excluding carboxylic acids is 3. The summed E-state index contributed by atoms with van der Waals surface area (Å²) in [6, 6.07) is 0. The highest BCUT2D eigenvalue weighted by atomic mass is 16.3. The third-order valence-electron chi connectivity index (χ3n) is 8.41. The Hall–Kier alpha value is -1.59. The van der Waals surface area contributed by atoms with Crippen LogP contribution in [0.4, 0.5) is 0 Å². The molecule has 0 amide bonds. The first-order valence-electron chi connectivity index (χ1n) is 9.93. The number of fused-ring (bicyclic) bond motifs is 5. The highest BCUT2D eigenvalue weighted by molar-refractivity contribution is 6.02. The Balaban J connectivity index is 1.79. The predicted molar refractivity (Wildman–Crippen MR) is 98.6 cm³/mol. The topological polar surface area (TPSA) is 91.7 Å². The number of ketones is 3. The summed E-state index contributed by atoms with van der Waals surface area (Å²) in [5.41, 5.74) is -1.94. The van der Waals surface area contributed by atoms with E-state index in [-0.39, 0.29) is 41.7 Å².